The van der Waals surface area contributed by atoms with Crippen LogP contribution in [0.2, 0.25) is 15.1 Å². The van der Waals surface area contributed by atoms with E-state index in [1.165, 1.54) is 6.07 Å². The summed E-state index contributed by atoms with van der Waals surface area (Å²) in [6.45, 7) is 1.63. The summed E-state index contributed by atoms with van der Waals surface area (Å²) in [6, 6.07) is 7.26. The van der Waals surface area contributed by atoms with E-state index < -0.39 is 11.7 Å². The van der Waals surface area contributed by atoms with E-state index in [0.29, 0.717) is 27.5 Å². The Kier molecular flexibility index (Phi) is 6.36. The zero-order valence-electron chi connectivity index (χ0n) is 14.6. The lowest BCUT2D eigenvalue weighted by atomic mass is 10.2. The first-order chi connectivity index (χ1) is 13.7. The molecule has 0 saturated carbocycles. The molecule has 0 fully saturated rings. The molecule has 11 heteroatoms. The fourth-order valence-electron chi connectivity index (χ4n) is 2.25. The van der Waals surface area contributed by atoms with Crippen LogP contribution in [0.3, 0.4) is 0 Å². The van der Waals surface area contributed by atoms with Gasteiger partial charge in [-0.25, -0.2) is 0 Å². The SMILES string of the molecule is CC(=NOCc1c(Cl)cccc1Cl)c1cc(-c2ncc(C(F)(F)F)cc2Cl)no1. The van der Waals surface area contributed by atoms with E-state index >= 15 is 0 Å². The van der Waals surface area contributed by atoms with E-state index in [4.69, 9.17) is 44.2 Å². The number of oxime groups is 1. The minimum absolute atomic E-state index is 0.0309. The van der Waals surface area contributed by atoms with Crippen LogP contribution in [0.1, 0.15) is 23.8 Å². The van der Waals surface area contributed by atoms with Gasteiger partial charge in [0.25, 0.3) is 0 Å². The summed E-state index contributed by atoms with van der Waals surface area (Å²) in [5, 5.41) is 8.35. The van der Waals surface area contributed by atoms with Gasteiger partial charge in [0.2, 0.25) is 0 Å². The molecule has 5 nitrogen and oxygen atoms in total. The average molecular weight is 465 g/mol. The summed E-state index contributed by atoms with van der Waals surface area (Å²) >= 11 is 18.0. The third-order valence-corrected chi connectivity index (χ3v) is 4.75. The van der Waals surface area contributed by atoms with Crippen molar-refractivity contribution in [3.63, 3.8) is 0 Å². The maximum Gasteiger partial charge on any atom is 0.417 e. The third kappa shape index (κ3) is 5.01. The Bertz CT molecular complexity index is 1050. The van der Waals surface area contributed by atoms with Crippen LogP contribution in [-0.4, -0.2) is 15.9 Å². The van der Waals surface area contributed by atoms with Crippen molar-refractivity contribution in [1.29, 1.82) is 0 Å². The maximum atomic E-state index is 12.7. The molecular weight excluding hydrogens is 454 g/mol. The summed E-state index contributed by atoms with van der Waals surface area (Å²) in [6.07, 6.45) is -3.87. The lowest BCUT2D eigenvalue weighted by molar-refractivity contribution is -0.137. The molecule has 0 atom stereocenters. The molecule has 0 aliphatic rings. The molecule has 1 aromatic carbocycles. The molecule has 2 heterocycles. The van der Waals surface area contributed by atoms with Gasteiger partial charge < -0.3 is 9.36 Å². The Balaban J connectivity index is 1.75. The zero-order valence-corrected chi connectivity index (χ0v) is 16.9. The van der Waals surface area contributed by atoms with Gasteiger partial charge in [0.05, 0.1) is 10.6 Å². The first-order valence-corrected chi connectivity index (χ1v) is 9.10. The molecule has 3 aromatic rings. The fourth-order valence-corrected chi connectivity index (χ4v) is 3.02. The van der Waals surface area contributed by atoms with Crippen molar-refractivity contribution in [2.45, 2.75) is 19.7 Å². The normalized spacial score (nSPS) is 12.3. The molecule has 0 N–H and O–H groups in total. The van der Waals surface area contributed by atoms with Gasteiger partial charge in [-0.3, -0.25) is 4.98 Å². The molecule has 0 aliphatic carbocycles. The van der Waals surface area contributed by atoms with Crippen molar-refractivity contribution >= 4 is 40.5 Å². The van der Waals surface area contributed by atoms with Crippen LogP contribution in [0, 0.1) is 0 Å². The highest BCUT2D eigenvalue weighted by molar-refractivity contribution is 6.36. The van der Waals surface area contributed by atoms with E-state index in [2.05, 4.69) is 15.3 Å². The summed E-state index contributed by atoms with van der Waals surface area (Å²) < 4.78 is 43.3. The second-order valence-electron chi connectivity index (χ2n) is 5.78. The van der Waals surface area contributed by atoms with E-state index in [1.54, 1.807) is 25.1 Å². The van der Waals surface area contributed by atoms with Crippen LogP contribution in [0.25, 0.3) is 11.4 Å². The number of alkyl halides is 3. The summed E-state index contributed by atoms with van der Waals surface area (Å²) in [5.41, 5.74) is 0.148. The Hall–Kier alpha value is -2.29. The molecule has 29 heavy (non-hydrogen) atoms. The first kappa shape index (κ1) is 21.4. The van der Waals surface area contributed by atoms with Crippen LogP contribution in [0.5, 0.6) is 0 Å². The monoisotopic (exact) mass is 463 g/mol. The zero-order chi connectivity index (χ0) is 21.2. The molecule has 0 aliphatic heterocycles. The molecule has 0 bridgehead atoms. The highest BCUT2D eigenvalue weighted by atomic mass is 35.5. The number of rotatable bonds is 5. The number of hydrogen-bond donors (Lipinski definition) is 0. The standard InChI is InChI=1S/C18H11Cl3F3N3O2/c1-9(26-28-8-11-12(19)3-2-4-13(11)20)16-6-15(27-29-16)17-14(21)5-10(7-25-17)18(22,23)24/h2-7H,8H2,1H3. The number of hydrogen-bond acceptors (Lipinski definition) is 5. The van der Waals surface area contributed by atoms with Gasteiger partial charge in [0.15, 0.2) is 5.76 Å². The van der Waals surface area contributed by atoms with Gasteiger partial charge in [0.1, 0.15) is 23.7 Å². The predicted molar refractivity (Wildman–Crippen MR) is 103 cm³/mol. The highest BCUT2D eigenvalue weighted by Gasteiger charge is 2.32. The number of aromatic nitrogens is 2. The lowest BCUT2D eigenvalue weighted by Gasteiger charge is -2.07. The van der Waals surface area contributed by atoms with Crippen molar-refractivity contribution in [3.8, 4) is 11.4 Å². The summed E-state index contributed by atoms with van der Waals surface area (Å²) in [7, 11) is 0. The third-order valence-electron chi connectivity index (χ3n) is 3.75. The van der Waals surface area contributed by atoms with Gasteiger partial charge in [-0.1, -0.05) is 51.2 Å². The minimum Gasteiger partial charge on any atom is -0.390 e. The summed E-state index contributed by atoms with van der Waals surface area (Å²) in [5.74, 6) is 0.225. The average Bonchev–Trinajstić information content (AvgIpc) is 3.13. The molecule has 0 amide bonds. The Morgan fingerprint density at radius 1 is 1.14 bits per heavy atom. The fraction of sp³-hybridized carbons (Fsp3) is 0.167. The summed E-state index contributed by atoms with van der Waals surface area (Å²) in [4.78, 5) is 8.99. The number of pyridine rings is 1. The molecule has 152 valence electrons. The number of nitrogens with zero attached hydrogens (tertiary/aromatic N) is 3. The molecule has 0 unspecified atom stereocenters. The minimum atomic E-state index is -4.55. The van der Waals surface area contributed by atoms with Crippen molar-refractivity contribution in [2.24, 2.45) is 5.16 Å². The van der Waals surface area contributed by atoms with Crippen LogP contribution >= 0.6 is 34.8 Å². The van der Waals surface area contributed by atoms with E-state index in [-0.39, 0.29) is 28.8 Å². The van der Waals surface area contributed by atoms with Crippen molar-refractivity contribution in [1.82, 2.24) is 10.1 Å². The quantitative estimate of drug-likeness (QED) is 0.313. The van der Waals surface area contributed by atoms with Crippen molar-refractivity contribution in [2.75, 3.05) is 0 Å². The molecular formula is C18H11Cl3F3N3O2. The molecule has 0 spiro atoms. The molecule has 2 aromatic heterocycles. The predicted octanol–water partition coefficient (Wildman–Crippen LogP) is 6.66. The second kappa shape index (κ2) is 8.61. The molecule has 0 saturated heterocycles. The van der Waals surface area contributed by atoms with Crippen LogP contribution in [-0.2, 0) is 17.6 Å². The highest BCUT2D eigenvalue weighted by Crippen LogP contribution is 2.34. The van der Waals surface area contributed by atoms with Gasteiger partial charge in [-0.05, 0) is 25.1 Å². The Labute approximate surface area is 178 Å². The van der Waals surface area contributed by atoms with Gasteiger partial charge in [-0.2, -0.15) is 13.2 Å². The number of halogens is 6. The van der Waals surface area contributed by atoms with Gasteiger partial charge in [0, 0.05) is 27.9 Å². The van der Waals surface area contributed by atoms with Crippen molar-refractivity contribution < 1.29 is 22.5 Å². The molecule has 3 rings (SSSR count). The van der Waals surface area contributed by atoms with Gasteiger partial charge >= 0.3 is 6.18 Å². The van der Waals surface area contributed by atoms with E-state index in [9.17, 15) is 13.2 Å². The topological polar surface area (TPSA) is 60.5 Å². The number of benzene rings is 1. The maximum absolute atomic E-state index is 12.7. The lowest BCUT2D eigenvalue weighted by Crippen LogP contribution is -2.05. The van der Waals surface area contributed by atoms with E-state index in [1.807, 2.05) is 0 Å². The van der Waals surface area contributed by atoms with Crippen LogP contribution < -0.4 is 0 Å². The Morgan fingerprint density at radius 3 is 2.45 bits per heavy atom. The first-order valence-electron chi connectivity index (χ1n) is 7.96. The van der Waals surface area contributed by atoms with Crippen LogP contribution in [0.4, 0.5) is 13.2 Å². The molecule has 0 radical (unpaired) electrons. The van der Waals surface area contributed by atoms with Crippen LogP contribution in [0.15, 0.2) is 46.2 Å². The van der Waals surface area contributed by atoms with Gasteiger partial charge in [-0.15, -0.1) is 0 Å². The Morgan fingerprint density at radius 2 is 1.83 bits per heavy atom. The second-order valence-corrected chi connectivity index (χ2v) is 7.00. The smallest absolute Gasteiger partial charge is 0.390 e. The van der Waals surface area contributed by atoms with Crippen molar-refractivity contribution in [3.05, 3.63) is 68.5 Å². The van der Waals surface area contributed by atoms with E-state index in [0.717, 1.165) is 6.07 Å². The largest absolute Gasteiger partial charge is 0.417 e.